The third-order valence-corrected chi connectivity index (χ3v) is 7.83. The highest BCUT2D eigenvalue weighted by Crippen LogP contribution is 2.21. The quantitative estimate of drug-likeness (QED) is 0.646. The smallest absolute Gasteiger partial charge is 0.243 e. The van der Waals surface area contributed by atoms with Crippen molar-refractivity contribution in [3.63, 3.8) is 0 Å². The van der Waals surface area contributed by atoms with Gasteiger partial charge in [0.1, 0.15) is 0 Å². The second-order valence-corrected chi connectivity index (χ2v) is 10.2. The summed E-state index contributed by atoms with van der Waals surface area (Å²) in [4.78, 5) is 28.1. The van der Waals surface area contributed by atoms with E-state index in [1.165, 1.54) is 27.8 Å². The number of Topliss-reactive ketones (excluding diaryl/α,β-unsaturated/α-hetero) is 1. The van der Waals surface area contributed by atoms with Crippen molar-refractivity contribution in [2.75, 3.05) is 26.2 Å². The highest BCUT2D eigenvalue weighted by Gasteiger charge is 2.30. The van der Waals surface area contributed by atoms with Gasteiger partial charge in [0.25, 0.3) is 0 Å². The van der Waals surface area contributed by atoms with Crippen molar-refractivity contribution in [2.45, 2.75) is 24.7 Å². The van der Waals surface area contributed by atoms with Crippen LogP contribution in [0.5, 0.6) is 0 Å². The molecule has 3 rings (SSSR count). The molecule has 0 atom stereocenters. The number of piperazine rings is 1. The molecule has 28 heavy (non-hydrogen) atoms. The monoisotopic (exact) mass is 440 g/mol. The molecule has 9 heteroatoms. The number of halogens is 1. The Hall–Kier alpha value is -1.74. The molecular formula is C19H21ClN2O4S2. The fraction of sp³-hybridized carbons (Fsp3) is 0.368. The molecule has 1 aliphatic rings. The molecule has 6 nitrogen and oxygen atoms in total. The Morgan fingerprint density at radius 2 is 1.64 bits per heavy atom. The molecule has 150 valence electrons. The lowest BCUT2D eigenvalue weighted by molar-refractivity contribution is -0.132. The van der Waals surface area contributed by atoms with Gasteiger partial charge in [-0.25, -0.2) is 8.42 Å². The lowest BCUT2D eigenvalue weighted by atomic mass is 10.1. The first-order chi connectivity index (χ1) is 13.3. The van der Waals surface area contributed by atoms with E-state index in [2.05, 4.69) is 0 Å². The maximum atomic E-state index is 12.7. The topological polar surface area (TPSA) is 74.8 Å². The average Bonchev–Trinajstić information content (AvgIpc) is 3.13. The Balaban J connectivity index is 1.52. The first kappa shape index (κ1) is 21.0. The number of amides is 1. The Morgan fingerprint density at radius 3 is 2.21 bits per heavy atom. The van der Waals surface area contributed by atoms with Gasteiger partial charge in [0, 0.05) is 48.9 Å². The van der Waals surface area contributed by atoms with Crippen molar-refractivity contribution < 1.29 is 18.0 Å². The summed E-state index contributed by atoms with van der Waals surface area (Å²) in [6.07, 6.45) is 0.307. The van der Waals surface area contributed by atoms with Crippen molar-refractivity contribution in [3.8, 4) is 0 Å². The Morgan fingerprint density at radius 1 is 1.00 bits per heavy atom. The lowest BCUT2D eigenvalue weighted by Crippen LogP contribution is -2.50. The molecule has 0 spiro atoms. The molecule has 1 aliphatic heterocycles. The minimum absolute atomic E-state index is 0.0320. The zero-order valence-corrected chi connectivity index (χ0v) is 17.8. The molecule has 2 aromatic rings. The molecule has 0 saturated carbocycles. The zero-order valence-electron chi connectivity index (χ0n) is 15.4. The van der Waals surface area contributed by atoms with Crippen molar-refractivity contribution in [3.05, 3.63) is 51.2 Å². The molecule has 1 amide bonds. The van der Waals surface area contributed by atoms with Crippen LogP contribution in [0, 0.1) is 6.92 Å². The molecule has 0 radical (unpaired) electrons. The number of sulfonamides is 1. The van der Waals surface area contributed by atoms with E-state index in [1.807, 2.05) is 13.0 Å². The number of thiophene rings is 1. The molecule has 1 aromatic heterocycles. The van der Waals surface area contributed by atoms with E-state index < -0.39 is 10.0 Å². The molecule has 0 aliphatic carbocycles. The largest absolute Gasteiger partial charge is 0.340 e. The summed E-state index contributed by atoms with van der Waals surface area (Å²) in [5.74, 6) is -0.152. The van der Waals surface area contributed by atoms with Gasteiger partial charge in [-0.05, 0) is 43.3 Å². The minimum atomic E-state index is -3.60. The molecule has 0 unspecified atom stereocenters. The van der Waals surface area contributed by atoms with Crippen LogP contribution < -0.4 is 0 Å². The van der Waals surface area contributed by atoms with E-state index in [4.69, 9.17) is 11.6 Å². The van der Waals surface area contributed by atoms with Crippen LogP contribution in [0.15, 0.2) is 41.3 Å². The summed E-state index contributed by atoms with van der Waals surface area (Å²) < 4.78 is 26.7. The molecule has 1 fully saturated rings. The minimum Gasteiger partial charge on any atom is -0.340 e. The number of benzene rings is 1. The van der Waals surface area contributed by atoms with Gasteiger partial charge in [0.15, 0.2) is 5.78 Å². The van der Waals surface area contributed by atoms with E-state index in [0.717, 1.165) is 4.88 Å². The lowest BCUT2D eigenvalue weighted by Gasteiger charge is -2.34. The van der Waals surface area contributed by atoms with Gasteiger partial charge in [0.2, 0.25) is 15.9 Å². The predicted octanol–water partition coefficient (Wildman–Crippen LogP) is 3.21. The van der Waals surface area contributed by atoms with Crippen molar-refractivity contribution in [1.82, 2.24) is 9.21 Å². The second-order valence-electron chi connectivity index (χ2n) is 6.57. The number of ketones is 1. The fourth-order valence-corrected chi connectivity index (χ4v) is 5.40. The first-order valence-corrected chi connectivity index (χ1v) is 11.5. The molecule has 0 N–H and O–H groups in total. The molecule has 0 bridgehead atoms. The van der Waals surface area contributed by atoms with E-state index >= 15 is 0 Å². The zero-order chi connectivity index (χ0) is 20.3. The van der Waals surface area contributed by atoms with Crippen LogP contribution in [0.25, 0.3) is 0 Å². The van der Waals surface area contributed by atoms with Gasteiger partial charge in [0.05, 0.1) is 9.77 Å². The van der Waals surface area contributed by atoms with E-state index in [1.54, 1.807) is 23.1 Å². The number of hydrogen-bond acceptors (Lipinski definition) is 5. The van der Waals surface area contributed by atoms with E-state index in [0.29, 0.717) is 23.0 Å². The van der Waals surface area contributed by atoms with Crippen LogP contribution in [0.3, 0.4) is 0 Å². The highest BCUT2D eigenvalue weighted by atomic mass is 35.5. The second kappa shape index (κ2) is 8.73. The summed E-state index contributed by atoms with van der Waals surface area (Å²) in [7, 11) is -3.60. The first-order valence-electron chi connectivity index (χ1n) is 8.90. The molecular weight excluding hydrogens is 420 g/mol. The van der Waals surface area contributed by atoms with Crippen LogP contribution in [0.4, 0.5) is 0 Å². The molecule has 1 aromatic carbocycles. The third kappa shape index (κ3) is 4.81. The Kier molecular flexibility index (Phi) is 6.54. The maximum absolute atomic E-state index is 12.7. The summed E-state index contributed by atoms with van der Waals surface area (Å²) in [6.45, 7) is 3.03. The average molecular weight is 441 g/mol. The van der Waals surface area contributed by atoms with Crippen LogP contribution in [-0.4, -0.2) is 55.5 Å². The number of carbonyl (C=O) groups excluding carboxylic acids is 2. The van der Waals surface area contributed by atoms with Crippen LogP contribution >= 0.6 is 22.9 Å². The van der Waals surface area contributed by atoms with Gasteiger partial charge in [-0.3, -0.25) is 9.59 Å². The molecule has 2 heterocycles. The summed E-state index contributed by atoms with van der Waals surface area (Å²) >= 11 is 7.25. The van der Waals surface area contributed by atoms with Gasteiger partial charge in [-0.15, -0.1) is 11.3 Å². The normalized spacial score (nSPS) is 15.6. The van der Waals surface area contributed by atoms with Crippen LogP contribution in [-0.2, 0) is 14.8 Å². The van der Waals surface area contributed by atoms with E-state index in [9.17, 15) is 18.0 Å². The number of rotatable bonds is 6. The fourth-order valence-electron chi connectivity index (χ4n) is 3.02. The summed E-state index contributed by atoms with van der Waals surface area (Å²) in [5.41, 5.74) is 0. The van der Waals surface area contributed by atoms with Crippen molar-refractivity contribution >= 4 is 44.7 Å². The van der Waals surface area contributed by atoms with Gasteiger partial charge < -0.3 is 4.90 Å². The number of nitrogens with zero attached hydrogens (tertiary/aromatic N) is 2. The van der Waals surface area contributed by atoms with Crippen LogP contribution in [0.1, 0.15) is 27.4 Å². The van der Waals surface area contributed by atoms with Crippen molar-refractivity contribution in [2.24, 2.45) is 0 Å². The van der Waals surface area contributed by atoms with E-state index in [-0.39, 0.29) is 42.5 Å². The van der Waals surface area contributed by atoms with Gasteiger partial charge >= 0.3 is 0 Å². The SMILES string of the molecule is Cc1ccc(C(=O)CCC(=O)N2CCN(S(=O)(=O)c3ccc(Cl)cc3)CC2)s1. The highest BCUT2D eigenvalue weighted by molar-refractivity contribution is 7.89. The summed E-state index contributed by atoms with van der Waals surface area (Å²) in [6, 6.07) is 9.72. The Bertz CT molecular complexity index is 962. The third-order valence-electron chi connectivity index (χ3n) is 4.62. The predicted molar refractivity (Wildman–Crippen MR) is 109 cm³/mol. The number of carbonyl (C=O) groups is 2. The molecule has 1 saturated heterocycles. The van der Waals surface area contributed by atoms with Crippen molar-refractivity contribution in [1.29, 1.82) is 0 Å². The number of aryl methyl sites for hydroxylation is 1. The standard InChI is InChI=1S/C19H21ClN2O4S2/c1-14-2-8-18(27-14)17(23)7-9-19(24)21-10-12-22(13-11-21)28(25,26)16-5-3-15(20)4-6-16/h2-6,8H,7,9-13H2,1H3. The summed E-state index contributed by atoms with van der Waals surface area (Å²) in [5, 5.41) is 0.474. The Labute approximate surface area is 173 Å². The van der Waals surface area contributed by atoms with Crippen LogP contribution in [0.2, 0.25) is 5.02 Å². The maximum Gasteiger partial charge on any atom is 0.243 e. The van der Waals surface area contributed by atoms with Gasteiger partial charge in [-0.1, -0.05) is 11.6 Å². The van der Waals surface area contributed by atoms with Gasteiger partial charge in [-0.2, -0.15) is 4.31 Å². The number of hydrogen-bond donors (Lipinski definition) is 0.